The highest BCUT2D eigenvalue weighted by molar-refractivity contribution is 9.10. The van der Waals surface area contributed by atoms with Crippen LogP contribution in [0.4, 0.5) is 0 Å². The van der Waals surface area contributed by atoms with E-state index in [1.54, 1.807) is 13.0 Å². The Labute approximate surface area is 80.2 Å². The number of hydrogen-bond donors (Lipinski definition) is 0. The summed E-state index contributed by atoms with van der Waals surface area (Å²) in [4.78, 5) is 11.1. The first-order valence-corrected chi connectivity index (χ1v) is 4.37. The SMILES string of the molecule is C=Cc1ccc(Br)c(C(C)=O)c1. The summed E-state index contributed by atoms with van der Waals surface area (Å²) in [7, 11) is 0. The molecule has 0 unspecified atom stereocenters. The normalized spacial score (nSPS) is 9.50. The van der Waals surface area contributed by atoms with Crippen molar-refractivity contribution >= 4 is 27.8 Å². The lowest BCUT2D eigenvalue weighted by atomic mass is 10.1. The van der Waals surface area contributed by atoms with Crippen LogP contribution in [-0.4, -0.2) is 5.78 Å². The number of rotatable bonds is 2. The number of hydrogen-bond acceptors (Lipinski definition) is 1. The number of Topliss-reactive ketones (excluding diaryl/α,β-unsaturated/α-hetero) is 1. The minimum Gasteiger partial charge on any atom is -0.294 e. The lowest BCUT2D eigenvalue weighted by molar-refractivity contribution is 0.101. The molecule has 0 fully saturated rings. The Balaban J connectivity index is 3.25. The Morgan fingerprint density at radius 1 is 1.58 bits per heavy atom. The van der Waals surface area contributed by atoms with Crippen LogP contribution in [0.2, 0.25) is 0 Å². The molecular formula is C10H9BrO. The summed E-state index contributed by atoms with van der Waals surface area (Å²) >= 11 is 3.31. The van der Waals surface area contributed by atoms with Crippen molar-refractivity contribution in [3.05, 3.63) is 40.4 Å². The summed E-state index contributed by atoms with van der Waals surface area (Å²) in [6.07, 6.45) is 1.72. The molecule has 0 spiro atoms. The third kappa shape index (κ3) is 1.83. The molecule has 2 heteroatoms. The monoisotopic (exact) mass is 224 g/mol. The predicted octanol–water partition coefficient (Wildman–Crippen LogP) is 3.29. The van der Waals surface area contributed by atoms with Crippen LogP contribution >= 0.6 is 15.9 Å². The van der Waals surface area contributed by atoms with E-state index < -0.39 is 0 Å². The summed E-state index contributed by atoms with van der Waals surface area (Å²) in [6.45, 7) is 5.18. The lowest BCUT2D eigenvalue weighted by Gasteiger charge is -2.00. The first kappa shape index (κ1) is 9.20. The molecule has 12 heavy (non-hydrogen) atoms. The Kier molecular flexibility index (Phi) is 2.82. The number of carbonyl (C=O) groups excluding carboxylic acids is 1. The number of halogens is 1. The second kappa shape index (κ2) is 3.68. The zero-order chi connectivity index (χ0) is 9.14. The fourth-order valence-corrected chi connectivity index (χ4v) is 1.47. The van der Waals surface area contributed by atoms with Gasteiger partial charge in [-0.15, -0.1) is 0 Å². The van der Waals surface area contributed by atoms with Gasteiger partial charge in [-0.3, -0.25) is 4.79 Å². The molecule has 0 aromatic heterocycles. The maximum Gasteiger partial charge on any atom is 0.160 e. The Hall–Kier alpha value is -0.890. The highest BCUT2D eigenvalue weighted by Gasteiger charge is 2.04. The molecule has 0 bridgehead atoms. The van der Waals surface area contributed by atoms with Crippen molar-refractivity contribution in [1.29, 1.82) is 0 Å². The van der Waals surface area contributed by atoms with Crippen molar-refractivity contribution in [2.45, 2.75) is 6.92 Å². The quantitative estimate of drug-likeness (QED) is 0.705. The fraction of sp³-hybridized carbons (Fsp3) is 0.100. The first-order valence-electron chi connectivity index (χ1n) is 3.58. The van der Waals surface area contributed by atoms with Gasteiger partial charge in [0.2, 0.25) is 0 Å². The van der Waals surface area contributed by atoms with E-state index in [4.69, 9.17) is 0 Å². The van der Waals surface area contributed by atoms with Gasteiger partial charge in [0.1, 0.15) is 0 Å². The van der Waals surface area contributed by atoms with Crippen LogP contribution in [0.5, 0.6) is 0 Å². The van der Waals surface area contributed by atoms with Gasteiger partial charge in [-0.2, -0.15) is 0 Å². The topological polar surface area (TPSA) is 17.1 Å². The van der Waals surface area contributed by atoms with E-state index in [1.807, 2.05) is 18.2 Å². The van der Waals surface area contributed by atoms with E-state index in [1.165, 1.54) is 0 Å². The predicted molar refractivity (Wildman–Crippen MR) is 54.2 cm³/mol. The van der Waals surface area contributed by atoms with Crippen LogP contribution in [-0.2, 0) is 0 Å². The number of ketones is 1. The maximum absolute atomic E-state index is 11.1. The Morgan fingerprint density at radius 3 is 2.75 bits per heavy atom. The molecule has 1 aromatic carbocycles. The zero-order valence-electron chi connectivity index (χ0n) is 6.80. The van der Waals surface area contributed by atoms with Crippen molar-refractivity contribution in [2.75, 3.05) is 0 Å². The Morgan fingerprint density at radius 2 is 2.25 bits per heavy atom. The molecule has 0 atom stereocenters. The largest absolute Gasteiger partial charge is 0.294 e. The summed E-state index contributed by atoms with van der Waals surface area (Å²) in [5.41, 5.74) is 1.66. The van der Waals surface area contributed by atoms with Gasteiger partial charge in [0.25, 0.3) is 0 Å². The fourth-order valence-electron chi connectivity index (χ4n) is 0.940. The van der Waals surface area contributed by atoms with Crippen LogP contribution < -0.4 is 0 Å². The Bertz CT molecular complexity index is 329. The van der Waals surface area contributed by atoms with Gasteiger partial charge in [-0.25, -0.2) is 0 Å². The van der Waals surface area contributed by atoms with Gasteiger partial charge in [-0.1, -0.05) is 34.7 Å². The van der Waals surface area contributed by atoms with Gasteiger partial charge in [0.05, 0.1) is 0 Å². The van der Waals surface area contributed by atoms with Crippen LogP contribution in [0.1, 0.15) is 22.8 Å². The van der Waals surface area contributed by atoms with E-state index in [2.05, 4.69) is 22.5 Å². The average Bonchev–Trinajstić information content (AvgIpc) is 2.05. The summed E-state index contributed by atoms with van der Waals surface area (Å²) in [6, 6.07) is 5.58. The standard InChI is InChI=1S/C10H9BrO/c1-3-8-4-5-10(11)9(6-8)7(2)12/h3-6H,1H2,2H3. The van der Waals surface area contributed by atoms with Crippen molar-refractivity contribution in [1.82, 2.24) is 0 Å². The van der Waals surface area contributed by atoms with Gasteiger partial charge in [0.15, 0.2) is 5.78 Å². The smallest absolute Gasteiger partial charge is 0.160 e. The van der Waals surface area contributed by atoms with Crippen LogP contribution in [0, 0.1) is 0 Å². The molecule has 62 valence electrons. The molecule has 0 aliphatic heterocycles. The van der Waals surface area contributed by atoms with E-state index in [0.29, 0.717) is 5.56 Å². The minimum absolute atomic E-state index is 0.0607. The zero-order valence-corrected chi connectivity index (χ0v) is 8.39. The van der Waals surface area contributed by atoms with Crippen LogP contribution in [0.15, 0.2) is 29.3 Å². The number of carbonyl (C=O) groups is 1. The van der Waals surface area contributed by atoms with Gasteiger partial charge in [0, 0.05) is 10.0 Å². The second-order valence-corrected chi connectivity index (χ2v) is 3.35. The van der Waals surface area contributed by atoms with Gasteiger partial charge in [-0.05, 0) is 24.6 Å². The molecule has 0 radical (unpaired) electrons. The van der Waals surface area contributed by atoms with Crippen LogP contribution in [0.25, 0.3) is 6.08 Å². The molecule has 0 amide bonds. The molecule has 1 aromatic rings. The van der Waals surface area contributed by atoms with Crippen LogP contribution in [0.3, 0.4) is 0 Å². The second-order valence-electron chi connectivity index (χ2n) is 2.50. The molecule has 0 saturated heterocycles. The molecule has 0 saturated carbocycles. The van der Waals surface area contributed by atoms with E-state index in [-0.39, 0.29) is 5.78 Å². The molecule has 0 N–H and O–H groups in total. The molecule has 0 aliphatic rings. The molecule has 1 rings (SSSR count). The number of benzene rings is 1. The highest BCUT2D eigenvalue weighted by atomic mass is 79.9. The lowest BCUT2D eigenvalue weighted by Crippen LogP contribution is -1.93. The van der Waals surface area contributed by atoms with Crippen molar-refractivity contribution in [2.24, 2.45) is 0 Å². The van der Waals surface area contributed by atoms with Crippen molar-refractivity contribution < 1.29 is 4.79 Å². The van der Waals surface area contributed by atoms with E-state index in [9.17, 15) is 4.79 Å². The van der Waals surface area contributed by atoms with E-state index in [0.717, 1.165) is 10.0 Å². The van der Waals surface area contributed by atoms with E-state index >= 15 is 0 Å². The third-order valence-corrected chi connectivity index (χ3v) is 2.30. The molecule has 0 heterocycles. The average molecular weight is 225 g/mol. The molecule has 0 aliphatic carbocycles. The van der Waals surface area contributed by atoms with Crippen molar-refractivity contribution in [3.63, 3.8) is 0 Å². The van der Waals surface area contributed by atoms with Crippen molar-refractivity contribution in [3.8, 4) is 0 Å². The minimum atomic E-state index is 0.0607. The summed E-state index contributed by atoms with van der Waals surface area (Å²) in [5.74, 6) is 0.0607. The first-order chi connectivity index (χ1) is 5.65. The van der Waals surface area contributed by atoms with Gasteiger partial charge >= 0.3 is 0 Å². The maximum atomic E-state index is 11.1. The third-order valence-electron chi connectivity index (χ3n) is 1.61. The molecule has 1 nitrogen and oxygen atoms in total. The summed E-state index contributed by atoms with van der Waals surface area (Å²) in [5, 5.41) is 0. The van der Waals surface area contributed by atoms with Gasteiger partial charge < -0.3 is 0 Å². The summed E-state index contributed by atoms with van der Waals surface area (Å²) < 4.78 is 0.834. The highest BCUT2D eigenvalue weighted by Crippen LogP contribution is 2.19. The molecular weight excluding hydrogens is 216 g/mol.